The number of ether oxygens (including phenoxy) is 1. The van der Waals surface area contributed by atoms with Crippen molar-refractivity contribution in [2.75, 3.05) is 19.7 Å². The second kappa shape index (κ2) is 7.66. The Kier molecular flexibility index (Phi) is 6.46. The summed E-state index contributed by atoms with van der Waals surface area (Å²) in [6.07, 6.45) is 6.29. The third kappa shape index (κ3) is 4.52. The predicted octanol–water partition coefficient (Wildman–Crippen LogP) is 2.59. The van der Waals surface area contributed by atoms with Gasteiger partial charge >= 0.3 is 0 Å². The number of carbonyl (C=O) groups is 1. The van der Waals surface area contributed by atoms with E-state index in [2.05, 4.69) is 13.8 Å². The van der Waals surface area contributed by atoms with Crippen molar-refractivity contribution in [3.63, 3.8) is 0 Å². The standard InChI is InChI=1S/C13H25NO2/c1-3-9-14(10-4-2)13(15)8-7-12-6-5-11-16-12/h12H,3-11H2,1-2H3. The van der Waals surface area contributed by atoms with E-state index in [1.165, 1.54) is 0 Å². The molecule has 1 aliphatic heterocycles. The molecule has 0 radical (unpaired) electrons. The minimum Gasteiger partial charge on any atom is -0.378 e. The molecule has 0 aliphatic carbocycles. The molecule has 1 rings (SSSR count). The van der Waals surface area contributed by atoms with E-state index in [9.17, 15) is 4.79 Å². The van der Waals surface area contributed by atoms with E-state index in [1.54, 1.807) is 0 Å². The van der Waals surface area contributed by atoms with E-state index in [0.29, 0.717) is 18.4 Å². The maximum Gasteiger partial charge on any atom is 0.222 e. The summed E-state index contributed by atoms with van der Waals surface area (Å²) in [5.74, 6) is 0.305. The third-order valence-electron chi connectivity index (χ3n) is 3.04. The number of rotatable bonds is 7. The first-order valence-electron chi connectivity index (χ1n) is 6.67. The maximum absolute atomic E-state index is 12.0. The molecule has 0 N–H and O–H groups in total. The predicted molar refractivity (Wildman–Crippen MR) is 65.4 cm³/mol. The topological polar surface area (TPSA) is 29.5 Å². The zero-order valence-electron chi connectivity index (χ0n) is 10.7. The first-order chi connectivity index (χ1) is 7.77. The highest BCUT2D eigenvalue weighted by molar-refractivity contribution is 5.76. The Balaban J connectivity index is 2.24. The molecule has 0 bridgehead atoms. The van der Waals surface area contributed by atoms with E-state index in [0.717, 1.165) is 51.8 Å². The summed E-state index contributed by atoms with van der Waals surface area (Å²) in [5, 5.41) is 0. The summed E-state index contributed by atoms with van der Waals surface area (Å²) < 4.78 is 5.53. The second-order valence-electron chi connectivity index (χ2n) is 4.55. The summed E-state index contributed by atoms with van der Waals surface area (Å²) in [6.45, 7) is 6.93. The number of hydrogen-bond acceptors (Lipinski definition) is 2. The molecule has 3 nitrogen and oxygen atoms in total. The van der Waals surface area contributed by atoms with Crippen LogP contribution in [0.5, 0.6) is 0 Å². The van der Waals surface area contributed by atoms with Crippen molar-refractivity contribution < 1.29 is 9.53 Å². The van der Waals surface area contributed by atoms with Gasteiger partial charge in [0.25, 0.3) is 0 Å². The molecule has 1 fully saturated rings. The average molecular weight is 227 g/mol. The van der Waals surface area contributed by atoms with Gasteiger partial charge in [-0.3, -0.25) is 4.79 Å². The lowest BCUT2D eigenvalue weighted by molar-refractivity contribution is -0.131. The third-order valence-corrected chi connectivity index (χ3v) is 3.04. The molecule has 16 heavy (non-hydrogen) atoms. The van der Waals surface area contributed by atoms with Gasteiger partial charge in [0.15, 0.2) is 0 Å². The molecule has 1 amide bonds. The number of carbonyl (C=O) groups excluding carboxylic acids is 1. The van der Waals surface area contributed by atoms with E-state index in [4.69, 9.17) is 4.74 Å². The molecule has 0 aromatic rings. The van der Waals surface area contributed by atoms with Crippen LogP contribution in [0.25, 0.3) is 0 Å². The highest BCUT2D eigenvalue weighted by Gasteiger charge is 2.18. The normalized spacial score (nSPS) is 20.0. The molecule has 0 saturated carbocycles. The molecule has 0 aromatic carbocycles. The van der Waals surface area contributed by atoms with Crippen molar-refractivity contribution >= 4 is 5.91 Å². The average Bonchev–Trinajstić information content (AvgIpc) is 2.78. The largest absolute Gasteiger partial charge is 0.378 e. The van der Waals surface area contributed by atoms with Crippen molar-refractivity contribution in [1.82, 2.24) is 4.90 Å². The molecule has 1 aliphatic rings. The summed E-state index contributed by atoms with van der Waals surface area (Å²) in [7, 11) is 0. The summed E-state index contributed by atoms with van der Waals surface area (Å²) in [4.78, 5) is 13.9. The quantitative estimate of drug-likeness (QED) is 0.669. The minimum atomic E-state index is 0.305. The molecule has 1 saturated heterocycles. The molecule has 94 valence electrons. The van der Waals surface area contributed by atoms with Gasteiger partial charge in [-0.2, -0.15) is 0 Å². The molecule has 3 heteroatoms. The van der Waals surface area contributed by atoms with Gasteiger partial charge in [-0.1, -0.05) is 13.8 Å². The van der Waals surface area contributed by atoms with E-state index < -0.39 is 0 Å². The van der Waals surface area contributed by atoms with Crippen LogP contribution in [0.1, 0.15) is 52.4 Å². The first-order valence-corrected chi connectivity index (χ1v) is 6.67. The van der Waals surface area contributed by atoms with Crippen LogP contribution in [0.3, 0.4) is 0 Å². The smallest absolute Gasteiger partial charge is 0.222 e. The fourth-order valence-corrected chi connectivity index (χ4v) is 2.22. The zero-order valence-corrected chi connectivity index (χ0v) is 10.7. The highest BCUT2D eigenvalue weighted by Crippen LogP contribution is 2.17. The van der Waals surface area contributed by atoms with Crippen LogP contribution in [0.2, 0.25) is 0 Å². The van der Waals surface area contributed by atoms with Crippen molar-refractivity contribution in [2.45, 2.75) is 58.5 Å². The molecule has 1 unspecified atom stereocenters. The van der Waals surface area contributed by atoms with Gasteiger partial charge in [-0.05, 0) is 32.1 Å². The number of hydrogen-bond donors (Lipinski definition) is 0. The Hall–Kier alpha value is -0.570. The van der Waals surface area contributed by atoms with Crippen molar-refractivity contribution in [3.05, 3.63) is 0 Å². The number of amides is 1. The van der Waals surface area contributed by atoms with Crippen LogP contribution in [0.15, 0.2) is 0 Å². The Morgan fingerprint density at radius 2 is 2.00 bits per heavy atom. The van der Waals surface area contributed by atoms with Crippen LogP contribution >= 0.6 is 0 Å². The molecular formula is C13H25NO2. The Labute approximate surface area is 99.1 Å². The van der Waals surface area contributed by atoms with Crippen molar-refractivity contribution in [1.29, 1.82) is 0 Å². The monoisotopic (exact) mass is 227 g/mol. The summed E-state index contributed by atoms with van der Waals surface area (Å²) in [5.41, 5.74) is 0. The molecule has 0 aromatic heterocycles. The van der Waals surface area contributed by atoms with Gasteiger partial charge < -0.3 is 9.64 Å². The molecule has 0 spiro atoms. The van der Waals surface area contributed by atoms with E-state index >= 15 is 0 Å². The molecular weight excluding hydrogens is 202 g/mol. The van der Waals surface area contributed by atoms with Gasteiger partial charge in [-0.25, -0.2) is 0 Å². The molecule has 1 atom stereocenters. The minimum absolute atomic E-state index is 0.305. The van der Waals surface area contributed by atoms with Gasteiger partial charge in [0.05, 0.1) is 6.10 Å². The highest BCUT2D eigenvalue weighted by atomic mass is 16.5. The number of nitrogens with zero attached hydrogens (tertiary/aromatic N) is 1. The van der Waals surface area contributed by atoms with Crippen LogP contribution < -0.4 is 0 Å². The van der Waals surface area contributed by atoms with Crippen LogP contribution in [-0.4, -0.2) is 36.6 Å². The van der Waals surface area contributed by atoms with Crippen LogP contribution in [0, 0.1) is 0 Å². The lowest BCUT2D eigenvalue weighted by Gasteiger charge is -2.22. The van der Waals surface area contributed by atoms with Gasteiger partial charge in [0.2, 0.25) is 5.91 Å². The van der Waals surface area contributed by atoms with Crippen LogP contribution in [0.4, 0.5) is 0 Å². The molecule has 1 heterocycles. The lowest BCUT2D eigenvalue weighted by Crippen LogP contribution is -2.32. The van der Waals surface area contributed by atoms with Gasteiger partial charge in [-0.15, -0.1) is 0 Å². The van der Waals surface area contributed by atoms with Gasteiger partial charge in [0, 0.05) is 26.1 Å². The van der Waals surface area contributed by atoms with E-state index in [1.807, 2.05) is 4.90 Å². The first kappa shape index (κ1) is 13.5. The second-order valence-corrected chi connectivity index (χ2v) is 4.55. The summed E-state index contributed by atoms with van der Waals surface area (Å²) >= 11 is 0. The Bertz CT molecular complexity index is 194. The van der Waals surface area contributed by atoms with Crippen molar-refractivity contribution in [2.24, 2.45) is 0 Å². The fourth-order valence-electron chi connectivity index (χ4n) is 2.22. The summed E-state index contributed by atoms with van der Waals surface area (Å²) in [6, 6.07) is 0. The van der Waals surface area contributed by atoms with Gasteiger partial charge in [0.1, 0.15) is 0 Å². The van der Waals surface area contributed by atoms with Crippen molar-refractivity contribution in [3.8, 4) is 0 Å². The fraction of sp³-hybridized carbons (Fsp3) is 0.923. The Morgan fingerprint density at radius 3 is 2.50 bits per heavy atom. The van der Waals surface area contributed by atoms with Crippen LogP contribution in [-0.2, 0) is 9.53 Å². The lowest BCUT2D eigenvalue weighted by atomic mass is 10.1. The maximum atomic E-state index is 12.0. The SMILES string of the molecule is CCCN(CCC)C(=O)CCC1CCCO1. The zero-order chi connectivity index (χ0) is 11.8. The Morgan fingerprint density at radius 1 is 1.31 bits per heavy atom. The van der Waals surface area contributed by atoms with E-state index in [-0.39, 0.29) is 0 Å².